The van der Waals surface area contributed by atoms with Crippen LogP contribution in [0, 0.1) is 5.92 Å². The Hall–Kier alpha value is -2.14. The predicted octanol–water partition coefficient (Wildman–Crippen LogP) is 5.07. The minimum Gasteiger partial charge on any atom is -0.469 e. The van der Waals surface area contributed by atoms with Gasteiger partial charge in [0.1, 0.15) is 0 Å². The molecule has 1 saturated heterocycles. The molecule has 1 aromatic carbocycles. The topological polar surface area (TPSA) is 66.8 Å². The maximum absolute atomic E-state index is 12.3. The maximum atomic E-state index is 12.3. The lowest BCUT2D eigenvalue weighted by Gasteiger charge is -2.23. The number of aliphatic hydroxyl groups is 1. The van der Waals surface area contributed by atoms with E-state index in [1.165, 1.54) is 12.7 Å². The van der Waals surface area contributed by atoms with Gasteiger partial charge in [0.15, 0.2) is 0 Å². The highest BCUT2D eigenvalue weighted by molar-refractivity contribution is 5.79. The summed E-state index contributed by atoms with van der Waals surface area (Å²) in [6.45, 7) is 2.85. The van der Waals surface area contributed by atoms with Gasteiger partial charge in [-0.3, -0.25) is 9.59 Å². The van der Waals surface area contributed by atoms with E-state index in [2.05, 4.69) is 35.9 Å². The van der Waals surface area contributed by atoms with E-state index in [1.54, 1.807) is 0 Å². The lowest BCUT2D eigenvalue weighted by molar-refractivity contribution is -0.140. The van der Waals surface area contributed by atoms with Crippen molar-refractivity contribution in [1.29, 1.82) is 0 Å². The van der Waals surface area contributed by atoms with Crippen LogP contribution in [0.5, 0.6) is 0 Å². The summed E-state index contributed by atoms with van der Waals surface area (Å²) < 4.78 is 4.65. The SMILES string of the molecule is COC(=O)CCCCCCN1C(=O)CC[C@@H]1C=C[C@H](O)[C@H](C)CCCCc1ccccc1. The first-order valence-electron chi connectivity index (χ1n) is 12.3. The zero-order valence-corrected chi connectivity index (χ0v) is 19.9. The first-order valence-corrected chi connectivity index (χ1v) is 12.3. The molecule has 0 unspecified atom stereocenters. The van der Waals surface area contributed by atoms with Crippen LogP contribution >= 0.6 is 0 Å². The van der Waals surface area contributed by atoms with Gasteiger partial charge in [0, 0.05) is 19.4 Å². The highest BCUT2D eigenvalue weighted by Crippen LogP contribution is 2.22. The van der Waals surface area contributed by atoms with Gasteiger partial charge in [-0.2, -0.15) is 0 Å². The molecule has 3 atom stereocenters. The molecule has 1 aromatic rings. The van der Waals surface area contributed by atoms with Gasteiger partial charge in [-0.05, 0) is 50.0 Å². The Balaban J connectivity index is 1.65. The van der Waals surface area contributed by atoms with E-state index >= 15 is 0 Å². The third-order valence-corrected chi connectivity index (χ3v) is 6.46. The summed E-state index contributed by atoms with van der Waals surface area (Å²) >= 11 is 0. The summed E-state index contributed by atoms with van der Waals surface area (Å²) in [5.74, 6) is 0.258. The predicted molar refractivity (Wildman–Crippen MR) is 128 cm³/mol. The molecule has 1 aliphatic rings. The Morgan fingerprint density at radius 1 is 1.16 bits per heavy atom. The molecule has 1 aliphatic heterocycles. The number of likely N-dealkylation sites (tertiary alicyclic amines) is 1. The summed E-state index contributed by atoms with van der Waals surface area (Å²) in [5.41, 5.74) is 1.37. The van der Waals surface area contributed by atoms with Gasteiger partial charge in [0.25, 0.3) is 0 Å². The second kappa shape index (κ2) is 14.8. The van der Waals surface area contributed by atoms with Gasteiger partial charge in [0.05, 0.1) is 19.3 Å². The van der Waals surface area contributed by atoms with Gasteiger partial charge in [-0.1, -0.05) is 68.7 Å². The van der Waals surface area contributed by atoms with Gasteiger partial charge in [-0.15, -0.1) is 0 Å². The number of aliphatic hydroxyl groups excluding tert-OH is 1. The number of methoxy groups -OCH3 is 1. The molecule has 1 fully saturated rings. The fourth-order valence-electron chi connectivity index (χ4n) is 4.30. The third-order valence-electron chi connectivity index (χ3n) is 6.46. The number of ether oxygens (including phenoxy) is 1. The van der Waals surface area contributed by atoms with Crippen LogP contribution in [-0.2, 0) is 20.7 Å². The Labute approximate surface area is 193 Å². The number of carbonyl (C=O) groups excluding carboxylic acids is 2. The molecule has 0 radical (unpaired) electrons. The summed E-state index contributed by atoms with van der Waals surface area (Å²) in [6, 6.07) is 10.6. The minimum atomic E-state index is -0.470. The average molecular weight is 444 g/mol. The first-order chi connectivity index (χ1) is 15.5. The molecule has 0 aromatic heterocycles. The molecule has 1 heterocycles. The quantitative estimate of drug-likeness (QED) is 0.234. The zero-order valence-electron chi connectivity index (χ0n) is 19.9. The molecule has 178 valence electrons. The number of benzene rings is 1. The smallest absolute Gasteiger partial charge is 0.305 e. The number of hydrogen-bond acceptors (Lipinski definition) is 4. The van der Waals surface area contributed by atoms with E-state index in [0.717, 1.165) is 64.3 Å². The lowest BCUT2D eigenvalue weighted by atomic mass is 9.95. The Kier molecular flexibility index (Phi) is 12.1. The molecule has 5 nitrogen and oxygen atoms in total. The second-order valence-corrected chi connectivity index (χ2v) is 9.02. The van der Waals surface area contributed by atoms with Crippen LogP contribution < -0.4 is 0 Å². The molecule has 0 spiro atoms. The van der Waals surface area contributed by atoms with Gasteiger partial charge in [-0.25, -0.2) is 0 Å². The largest absolute Gasteiger partial charge is 0.469 e. The molecular weight excluding hydrogens is 402 g/mol. The van der Waals surface area contributed by atoms with Crippen molar-refractivity contribution in [3.05, 3.63) is 48.0 Å². The van der Waals surface area contributed by atoms with Crippen molar-refractivity contribution in [1.82, 2.24) is 4.90 Å². The highest BCUT2D eigenvalue weighted by Gasteiger charge is 2.28. The van der Waals surface area contributed by atoms with Crippen LogP contribution in [0.25, 0.3) is 0 Å². The van der Waals surface area contributed by atoms with Crippen LogP contribution in [0.2, 0.25) is 0 Å². The van der Waals surface area contributed by atoms with E-state index in [1.807, 2.05) is 23.1 Å². The van der Waals surface area contributed by atoms with Crippen LogP contribution in [0.1, 0.15) is 76.7 Å². The average Bonchev–Trinajstić information content (AvgIpc) is 3.16. The number of amides is 1. The minimum absolute atomic E-state index is 0.0949. The summed E-state index contributed by atoms with van der Waals surface area (Å²) in [4.78, 5) is 25.4. The van der Waals surface area contributed by atoms with Crippen molar-refractivity contribution in [2.45, 2.75) is 89.7 Å². The second-order valence-electron chi connectivity index (χ2n) is 9.02. The standard InChI is InChI=1S/C27H41NO4/c1-22(12-9-10-15-23-13-6-5-7-14-23)25(29)19-17-24-18-20-26(30)28(24)21-11-4-3-8-16-27(31)32-2/h5-7,13-14,17,19,22,24-25,29H,3-4,8-12,15-16,18,20-21H2,1-2H3/t22-,24+,25+/m1/s1. The van der Waals surface area contributed by atoms with E-state index in [4.69, 9.17) is 0 Å². The monoisotopic (exact) mass is 443 g/mol. The maximum Gasteiger partial charge on any atom is 0.305 e. The van der Waals surface area contributed by atoms with Crippen molar-refractivity contribution < 1.29 is 19.4 Å². The summed E-state index contributed by atoms with van der Waals surface area (Å²) in [7, 11) is 1.42. The number of rotatable bonds is 15. The highest BCUT2D eigenvalue weighted by atomic mass is 16.5. The van der Waals surface area contributed by atoms with Crippen LogP contribution in [0.4, 0.5) is 0 Å². The molecule has 32 heavy (non-hydrogen) atoms. The van der Waals surface area contributed by atoms with Crippen LogP contribution in [-0.4, -0.2) is 47.7 Å². The molecule has 1 N–H and O–H groups in total. The molecule has 0 saturated carbocycles. The van der Waals surface area contributed by atoms with Crippen molar-refractivity contribution in [3.8, 4) is 0 Å². The Bertz CT molecular complexity index is 703. The third kappa shape index (κ3) is 9.56. The molecule has 5 heteroatoms. The number of unbranched alkanes of at least 4 members (excludes halogenated alkanes) is 4. The number of nitrogens with zero attached hydrogens (tertiary/aromatic N) is 1. The summed E-state index contributed by atoms with van der Waals surface area (Å²) in [5, 5.41) is 10.6. The Morgan fingerprint density at radius 3 is 2.66 bits per heavy atom. The fourth-order valence-corrected chi connectivity index (χ4v) is 4.30. The fraction of sp³-hybridized carbons (Fsp3) is 0.630. The first kappa shape index (κ1) is 26.1. The van der Waals surface area contributed by atoms with Gasteiger partial charge >= 0.3 is 5.97 Å². The molecule has 0 aliphatic carbocycles. The number of carbonyl (C=O) groups is 2. The van der Waals surface area contributed by atoms with E-state index in [-0.39, 0.29) is 23.8 Å². The van der Waals surface area contributed by atoms with Gasteiger partial charge < -0.3 is 14.7 Å². The number of aryl methyl sites for hydroxylation is 1. The molecular formula is C27H41NO4. The normalized spacial score (nSPS) is 18.3. The van der Waals surface area contributed by atoms with Gasteiger partial charge in [0.2, 0.25) is 5.91 Å². The molecule has 2 rings (SSSR count). The van der Waals surface area contributed by atoms with Crippen LogP contribution in [0.15, 0.2) is 42.5 Å². The Morgan fingerprint density at radius 2 is 1.91 bits per heavy atom. The number of esters is 1. The van der Waals surface area contributed by atoms with Crippen molar-refractivity contribution >= 4 is 11.9 Å². The van der Waals surface area contributed by atoms with Crippen LogP contribution in [0.3, 0.4) is 0 Å². The zero-order chi connectivity index (χ0) is 23.2. The molecule has 1 amide bonds. The number of hydrogen-bond donors (Lipinski definition) is 1. The van der Waals surface area contributed by atoms with E-state index < -0.39 is 6.10 Å². The lowest BCUT2D eigenvalue weighted by Crippen LogP contribution is -2.33. The molecule has 0 bridgehead atoms. The summed E-state index contributed by atoms with van der Waals surface area (Å²) in [6.07, 6.45) is 13.4. The van der Waals surface area contributed by atoms with Crippen molar-refractivity contribution in [2.75, 3.05) is 13.7 Å². The van der Waals surface area contributed by atoms with E-state index in [9.17, 15) is 14.7 Å². The van der Waals surface area contributed by atoms with Crippen molar-refractivity contribution in [3.63, 3.8) is 0 Å². The van der Waals surface area contributed by atoms with E-state index in [0.29, 0.717) is 12.8 Å². The van der Waals surface area contributed by atoms with Crippen molar-refractivity contribution in [2.24, 2.45) is 5.92 Å².